The minimum absolute atomic E-state index is 0.275. The second kappa shape index (κ2) is 4.85. The summed E-state index contributed by atoms with van der Waals surface area (Å²) in [5, 5.41) is 3.42. The Morgan fingerprint density at radius 3 is 3.06 bits per heavy atom. The fraction of sp³-hybridized carbons (Fsp3) is 0.200. The van der Waals surface area contributed by atoms with E-state index in [9.17, 15) is 0 Å². The van der Waals surface area contributed by atoms with E-state index in [0.717, 1.165) is 12.2 Å². The summed E-state index contributed by atoms with van der Waals surface area (Å²) in [7, 11) is 0. The topological polar surface area (TPSA) is 77.0 Å². The highest BCUT2D eigenvalue weighted by Gasteiger charge is 2.05. The molecule has 0 bridgehead atoms. The molecule has 0 saturated carbocycles. The molecule has 0 spiro atoms. The Morgan fingerprint density at radius 2 is 2.31 bits per heavy atom. The number of hydrogen-bond donors (Lipinski definition) is 2. The molecule has 0 atom stereocenters. The number of nitrogens with zero attached hydrogens (tertiary/aromatic N) is 2. The predicted octanol–water partition coefficient (Wildman–Crippen LogP) is 1.96. The first-order valence-corrected chi connectivity index (χ1v) is 5.17. The molecule has 0 aliphatic carbocycles. The van der Waals surface area contributed by atoms with Gasteiger partial charge in [0.1, 0.15) is 28.7 Å². The van der Waals surface area contributed by atoms with Crippen LogP contribution in [0.25, 0.3) is 0 Å². The van der Waals surface area contributed by atoms with Gasteiger partial charge in [-0.1, -0.05) is 11.6 Å². The standard InChI is InChI=1S/C10H11ClN4O/c11-8-9(12)14-6-15-10(8)13-4-3-7-2-1-5-16-7/h1-2,5-6H,3-4H2,(H3,12,13,14,15). The van der Waals surface area contributed by atoms with E-state index in [0.29, 0.717) is 17.4 Å². The lowest BCUT2D eigenvalue weighted by molar-refractivity contribution is 0.513. The van der Waals surface area contributed by atoms with Crippen LogP contribution in [-0.4, -0.2) is 16.5 Å². The van der Waals surface area contributed by atoms with Gasteiger partial charge in [-0.25, -0.2) is 9.97 Å². The van der Waals surface area contributed by atoms with Crippen molar-refractivity contribution in [2.75, 3.05) is 17.6 Å². The van der Waals surface area contributed by atoms with Crippen molar-refractivity contribution in [3.8, 4) is 0 Å². The number of hydrogen-bond acceptors (Lipinski definition) is 5. The van der Waals surface area contributed by atoms with Crippen LogP contribution in [0.2, 0.25) is 5.02 Å². The van der Waals surface area contributed by atoms with Crippen molar-refractivity contribution >= 4 is 23.2 Å². The van der Waals surface area contributed by atoms with Crippen molar-refractivity contribution in [2.24, 2.45) is 0 Å². The minimum Gasteiger partial charge on any atom is -0.469 e. The van der Waals surface area contributed by atoms with Crippen molar-refractivity contribution in [3.63, 3.8) is 0 Å². The first-order valence-electron chi connectivity index (χ1n) is 4.79. The summed E-state index contributed by atoms with van der Waals surface area (Å²) in [5.74, 6) is 1.73. The minimum atomic E-state index is 0.275. The Balaban J connectivity index is 1.92. The molecule has 0 fully saturated rings. The van der Waals surface area contributed by atoms with Crippen molar-refractivity contribution in [1.29, 1.82) is 0 Å². The first kappa shape index (κ1) is 10.8. The third-order valence-electron chi connectivity index (χ3n) is 2.06. The molecule has 2 rings (SSSR count). The summed E-state index contributed by atoms with van der Waals surface area (Å²) >= 11 is 5.92. The summed E-state index contributed by atoms with van der Waals surface area (Å²) in [6, 6.07) is 3.77. The highest BCUT2D eigenvalue weighted by atomic mass is 35.5. The van der Waals surface area contributed by atoms with Gasteiger partial charge in [-0.05, 0) is 12.1 Å². The summed E-state index contributed by atoms with van der Waals surface area (Å²) in [6.45, 7) is 0.670. The summed E-state index contributed by atoms with van der Waals surface area (Å²) < 4.78 is 5.19. The van der Waals surface area contributed by atoms with Gasteiger partial charge in [0.15, 0.2) is 0 Å². The van der Waals surface area contributed by atoms with Gasteiger partial charge in [0.05, 0.1) is 6.26 Å². The molecule has 6 heteroatoms. The zero-order chi connectivity index (χ0) is 11.4. The third kappa shape index (κ3) is 2.43. The number of nitrogen functional groups attached to an aromatic ring is 1. The molecule has 0 saturated heterocycles. The smallest absolute Gasteiger partial charge is 0.150 e. The maximum Gasteiger partial charge on any atom is 0.150 e. The number of nitrogens with two attached hydrogens (primary N) is 1. The number of aromatic nitrogens is 2. The van der Waals surface area contributed by atoms with E-state index in [1.165, 1.54) is 6.33 Å². The first-order chi connectivity index (χ1) is 7.77. The fourth-order valence-corrected chi connectivity index (χ4v) is 1.43. The van der Waals surface area contributed by atoms with Crippen molar-refractivity contribution in [1.82, 2.24) is 9.97 Å². The lowest BCUT2D eigenvalue weighted by Gasteiger charge is -2.06. The third-order valence-corrected chi connectivity index (χ3v) is 2.43. The molecular weight excluding hydrogens is 228 g/mol. The number of rotatable bonds is 4. The Bertz CT molecular complexity index is 458. The van der Waals surface area contributed by atoms with Crippen LogP contribution >= 0.6 is 11.6 Å². The van der Waals surface area contributed by atoms with Gasteiger partial charge in [0.2, 0.25) is 0 Å². The molecule has 0 aliphatic rings. The van der Waals surface area contributed by atoms with E-state index in [-0.39, 0.29) is 5.82 Å². The van der Waals surface area contributed by atoms with Crippen LogP contribution in [0.15, 0.2) is 29.1 Å². The van der Waals surface area contributed by atoms with Crippen molar-refractivity contribution in [2.45, 2.75) is 6.42 Å². The van der Waals surface area contributed by atoms with Crippen LogP contribution in [-0.2, 0) is 6.42 Å². The summed E-state index contributed by atoms with van der Waals surface area (Å²) in [5.41, 5.74) is 5.55. The zero-order valence-corrected chi connectivity index (χ0v) is 9.24. The van der Waals surface area contributed by atoms with E-state index >= 15 is 0 Å². The average molecular weight is 239 g/mol. The van der Waals surface area contributed by atoms with Gasteiger partial charge in [-0.2, -0.15) is 0 Å². The molecule has 0 aromatic carbocycles. The lowest BCUT2D eigenvalue weighted by atomic mass is 10.3. The number of anilines is 2. The van der Waals surface area contributed by atoms with E-state index < -0.39 is 0 Å². The van der Waals surface area contributed by atoms with Gasteiger partial charge >= 0.3 is 0 Å². The van der Waals surface area contributed by atoms with Gasteiger partial charge in [-0.3, -0.25) is 0 Å². The highest BCUT2D eigenvalue weighted by Crippen LogP contribution is 2.22. The van der Waals surface area contributed by atoms with Gasteiger partial charge in [0, 0.05) is 13.0 Å². The predicted molar refractivity (Wildman–Crippen MR) is 62.4 cm³/mol. The van der Waals surface area contributed by atoms with Gasteiger partial charge < -0.3 is 15.5 Å². The maximum atomic E-state index is 5.92. The number of nitrogens with one attached hydrogen (secondary N) is 1. The van der Waals surface area contributed by atoms with Gasteiger partial charge in [0.25, 0.3) is 0 Å². The Kier molecular flexibility index (Phi) is 3.26. The van der Waals surface area contributed by atoms with E-state index in [2.05, 4.69) is 15.3 Å². The molecule has 2 aromatic rings. The van der Waals surface area contributed by atoms with E-state index in [1.807, 2.05) is 12.1 Å². The van der Waals surface area contributed by atoms with E-state index in [4.69, 9.17) is 21.8 Å². The van der Waals surface area contributed by atoms with Crippen LogP contribution < -0.4 is 11.1 Å². The quantitative estimate of drug-likeness (QED) is 0.852. The number of furan rings is 1. The Hall–Kier alpha value is -1.75. The normalized spacial score (nSPS) is 10.3. The monoisotopic (exact) mass is 238 g/mol. The molecule has 0 radical (unpaired) electrons. The molecule has 3 N–H and O–H groups in total. The fourth-order valence-electron chi connectivity index (χ4n) is 1.27. The molecule has 0 unspecified atom stereocenters. The van der Waals surface area contributed by atoms with Crippen LogP contribution in [0, 0.1) is 0 Å². The lowest BCUT2D eigenvalue weighted by Crippen LogP contribution is -2.07. The highest BCUT2D eigenvalue weighted by molar-refractivity contribution is 6.35. The molecule has 0 amide bonds. The molecule has 16 heavy (non-hydrogen) atoms. The van der Waals surface area contributed by atoms with Crippen LogP contribution in [0.5, 0.6) is 0 Å². The molecular formula is C10H11ClN4O. The molecule has 5 nitrogen and oxygen atoms in total. The van der Waals surface area contributed by atoms with E-state index in [1.54, 1.807) is 6.26 Å². The van der Waals surface area contributed by atoms with Gasteiger partial charge in [-0.15, -0.1) is 0 Å². The average Bonchev–Trinajstić information content (AvgIpc) is 2.77. The second-order valence-corrected chi connectivity index (χ2v) is 3.56. The maximum absolute atomic E-state index is 5.92. The molecule has 84 valence electrons. The zero-order valence-electron chi connectivity index (χ0n) is 8.48. The van der Waals surface area contributed by atoms with Crippen LogP contribution in [0.1, 0.15) is 5.76 Å². The molecule has 0 aliphatic heterocycles. The van der Waals surface area contributed by atoms with Crippen LogP contribution in [0.3, 0.4) is 0 Å². The molecule has 2 heterocycles. The van der Waals surface area contributed by atoms with Crippen molar-refractivity contribution in [3.05, 3.63) is 35.5 Å². The second-order valence-electron chi connectivity index (χ2n) is 3.18. The van der Waals surface area contributed by atoms with Crippen LogP contribution in [0.4, 0.5) is 11.6 Å². The Morgan fingerprint density at radius 1 is 1.44 bits per heavy atom. The number of halogens is 1. The summed E-state index contributed by atoms with van der Waals surface area (Å²) in [6.07, 6.45) is 3.77. The SMILES string of the molecule is Nc1ncnc(NCCc2ccco2)c1Cl. The molecule has 2 aromatic heterocycles. The van der Waals surface area contributed by atoms with Crippen molar-refractivity contribution < 1.29 is 4.42 Å². The largest absolute Gasteiger partial charge is 0.469 e. The Labute approximate surface area is 97.6 Å². The summed E-state index contributed by atoms with van der Waals surface area (Å²) in [4.78, 5) is 7.77.